The average Bonchev–Trinajstić information content (AvgIpc) is 3.48. The van der Waals surface area contributed by atoms with Crippen LogP contribution in [0.1, 0.15) is 28.3 Å². The summed E-state index contributed by atoms with van der Waals surface area (Å²) in [7, 11) is 0. The van der Waals surface area contributed by atoms with Gasteiger partial charge in [-0.05, 0) is 52.0 Å². The van der Waals surface area contributed by atoms with E-state index in [0.29, 0.717) is 31.7 Å². The molecule has 0 spiro atoms. The quantitative estimate of drug-likeness (QED) is 0.750. The summed E-state index contributed by atoms with van der Waals surface area (Å²) in [6.07, 6.45) is 4.01. The third-order valence-corrected chi connectivity index (χ3v) is 5.67. The van der Waals surface area contributed by atoms with Crippen LogP contribution in [0, 0.1) is 11.7 Å². The molecule has 0 unspecified atom stereocenters. The molecule has 1 saturated heterocycles. The van der Waals surface area contributed by atoms with Gasteiger partial charge in [0.25, 0.3) is 5.91 Å². The zero-order valence-corrected chi connectivity index (χ0v) is 16.2. The van der Waals surface area contributed by atoms with Gasteiger partial charge in [-0.1, -0.05) is 12.1 Å². The van der Waals surface area contributed by atoms with E-state index in [9.17, 15) is 14.0 Å². The minimum atomic E-state index is -0.260. The van der Waals surface area contributed by atoms with Gasteiger partial charge in [-0.25, -0.2) is 4.39 Å². The number of pyridine rings is 1. The van der Waals surface area contributed by atoms with Crippen molar-refractivity contribution in [3.8, 4) is 0 Å². The molecule has 5 nitrogen and oxygen atoms in total. The molecular formula is C20H19BrFN3O2. The number of benzene rings is 1. The van der Waals surface area contributed by atoms with Crippen LogP contribution in [0.25, 0.3) is 0 Å². The van der Waals surface area contributed by atoms with Crippen molar-refractivity contribution < 1.29 is 14.0 Å². The summed E-state index contributed by atoms with van der Waals surface area (Å²) >= 11 is 3.33. The second-order valence-electron chi connectivity index (χ2n) is 7.01. The van der Waals surface area contributed by atoms with Gasteiger partial charge in [0.15, 0.2) is 0 Å². The lowest BCUT2D eigenvalue weighted by molar-refractivity contribution is -0.134. The zero-order chi connectivity index (χ0) is 19.0. The summed E-state index contributed by atoms with van der Waals surface area (Å²) in [4.78, 5) is 32.9. The molecule has 1 aliphatic heterocycles. The minimum Gasteiger partial charge on any atom is -0.339 e. The Morgan fingerprint density at radius 2 is 1.70 bits per heavy atom. The molecule has 1 aliphatic carbocycles. The monoisotopic (exact) mass is 431 g/mol. The molecule has 140 valence electrons. The Labute approximate surface area is 165 Å². The molecule has 2 fully saturated rings. The molecule has 2 atom stereocenters. The van der Waals surface area contributed by atoms with Gasteiger partial charge >= 0.3 is 0 Å². The van der Waals surface area contributed by atoms with Crippen LogP contribution in [0.15, 0.2) is 47.2 Å². The maximum Gasteiger partial charge on any atom is 0.255 e. The SMILES string of the molecule is O=C(c1cncc(Br)c1)N1CCN(C(=O)[C@@H]2C[C@H]2c2ccc(F)cc2)CC1. The lowest BCUT2D eigenvalue weighted by Gasteiger charge is -2.35. The maximum atomic E-state index is 13.0. The molecule has 2 heterocycles. The first-order valence-corrected chi connectivity index (χ1v) is 9.76. The van der Waals surface area contributed by atoms with Crippen LogP contribution in [0.4, 0.5) is 4.39 Å². The van der Waals surface area contributed by atoms with Crippen LogP contribution in [0.5, 0.6) is 0 Å². The van der Waals surface area contributed by atoms with Gasteiger partial charge in [-0.3, -0.25) is 14.6 Å². The Kier molecular flexibility index (Phi) is 4.95. The fraction of sp³-hybridized carbons (Fsp3) is 0.350. The van der Waals surface area contributed by atoms with Crippen LogP contribution in [-0.4, -0.2) is 52.8 Å². The number of amides is 2. The summed E-state index contributed by atoms with van der Waals surface area (Å²) < 4.78 is 13.8. The molecule has 1 saturated carbocycles. The molecule has 0 bridgehead atoms. The number of aromatic nitrogens is 1. The second kappa shape index (κ2) is 7.38. The van der Waals surface area contributed by atoms with E-state index in [1.54, 1.807) is 35.5 Å². The summed E-state index contributed by atoms with van der Waals surface area (Å²) in [6, 6.07) is 8.16. The van der Waals surface area contributed by atoms with E-state index in [-0.39, 0.29) is 29.5 Å². The van der Waals surface area contributed by atoms with E-state index in [1.165, 1.54) is 12.1 Å². The lowest BCUT2D eigenvalue weighted by Crippen LogP contribution is -2.51. The Bertz CT molecular complexity index is 866. The second-order valence-corrected chi connectivity index (χ2v) is 7.93. The molecule has 2 aliphatic rings. The zero-order valence-electron chi connectivity index (χ0n) is 14.6. The molecular weight excluding hydrogens is 413 g/mol. The molecule has 4 rings (SSSR count). The topological polar surface area (TPSA) is 53.5 Å². The Morgan fingerprint density at radius 3 is 2.37 bits per heavy atom. The molecule has 2 aromatic rings. The molecule has 1 aromatic carbocycles. The highest BCUT2D eigenvalue weighted by molar-refractivity contribution is 9.10. The van der Waals surface area contributed by atoms with Gasteiger partial charge in [0.05, 0.1) is 5.56 Å². The first-order valence-electron chi connectivity index (χ1n) is 8.97. The standard InChI is InChI=1S/C20H19BrFN3O2/c21-15-9-14(11-23-12-15)19(26)24-5-7-25(8-6-24)20(27)18-10-17(18)13-1-3-16(22)4-2-13/h1-4,9,11-12,17-18H,5-8,10H2/t17-,18+/m0/s1. The average molecular weight is 432 g/mol. The van der Waals surface area contributed by atoms with E-state index in [2.05, 4.69) is 20.9 Å². The van der Waals surface area contributed by atoms with Crippen molar-refractivity contribution in [2.75, 3.05) is 26.2 Å². The van der Waals surface area contributed by atoms with Crippen LogP contribution in [0.3, 0.4) is 0 Å². The van der Waals surface area contributed by atoms with Crippen molar-refractivity contribution >= 4 is 27.7 Å². The number of halogens is 2. The summed E-state index contributed by atoms with van der Waals surface area (Å²) in [6.45, 7) is 2.12. The number of hydrogen-bond acceptors (Lipinski definition) is 3. The Balaban J connectivity index is 1.32. The smallest absolute Gasteiger partial charge is 0.255 e. The maximum absolute atomic E-state index is 13.0. The van der Waals surface area contributed by atoms with Gasteiger partial charge < -0.3 is 9.80 Å². The number of nitrogens with zero attached hydrogens (tertiary/aromatic N) is 3. The van der Waals surface area contributed by atoms with Crippen molar-refractivity contribution in [3.05, 3.63) is 64.1 Å². The highest BCUT2D eigenvalue weighted by Crippen LogP contribution is 2.48. The largest absolute Gasteiger partial charge is 0.339 e. The number of piperazine rings is 1. The van der Waals surface area contributed by atoms with E-state index < -0.39 is 0 Å². The molecule has 0 radical (unpaired) electrons. The van der Waals surface area contributed by atoms with Crippen LogP contribution in [0.2, 0.25) is 0 Å². The highest BCUT2D eigenvalue weighted by atomic mass is 79.9. The van der Waals surface area contributed by atoms with Crippen molar-refractivity contribution in [2.24, 2.45) is 5.92 Å². The first kappa shape index (κ1) is 18.1. The number of rotatable bonds is 3. The third kappa shape index (κ3) is 3.88. The van der Waals surface area contributed by atoms with E-state index in [0.717, 1.165) is 16.5 Å². The van der Waals surface area contributed by atoms with Gasteiger partial charge in [-0.15, -0.1) is 0 Å². The predicted molar refractivity (Wildman–Crippen MR) is 102 cm³/mol. The fourth-order valence-electron chi connectivity index (χ4n) is 3.62. The lowest BCUT2D eigenvalue weighted by atomic mass is 10.1. The number of carbonyl (C=O) groups excluding carboxylic acids is 2. The van der Waals surface area contributed by atoms with E-state index >= 15 is 0 Å². The van der Waals surface area contributed by atoms with Gasteiger partial charge in [0.2, 0.25) is 5.91 Å². The highest BCUT2D eigenvalue weighted by Gasteiger charge is 2.46. The van der Waals surface area contributed by atoms with Crippen LogP contribution < -0.4 is 0 Å². The normalized spacial score (nSPS) is 21.9. The molecule has 1 aromatic heterocycles. The van der Waals surface area contributed by atoms with Crippen molar-refractivity contribution in [3.63, 3.8) is 0 Å². The van der Waals surface area contributed by atoms with Crippen molar-refractivity contribution in [2.45, 2.75) is 12.3 Å². The minimum absolute atomic E-state index is 0.0213. The third-order valence-electron chi connectivity index (χ3n) is 5.24. The summed E-state index contributed by atoms with van der Waals surface area (Å²) in [5.41, 5.74) is 1.56. The van der Waals surface area contributed by atoms with Crippen LogP contribution >= 0.6 is 15.9 Å². The first-order chi connectivity index (χ1) is 13.0. The molecule has 27 heavy (non-hydrogen) atoms. The number of hydrogen-bond donors (Lipinski definition) is 0. The Morgan fingerprint density at radius 1 is 1.04 bits per heavy atom. The van der Waals surface area contributed by atoms with Gasteiger partial charge in [-0.2, -0.15) is 0 Å². The summed E-state index contributed by atoms with van der Waals surface area (Å²) in [5, 5.41) is 0. The van der Waals surface area contributed by atoms with E-state index in [1.807, 2.05) is 4.90 Å². The van der Waals surface area contributed by atoms with Gasteiger partial charge in [0.1, 0.15) is 5.82 Å². The predicted octanol–water partition coefficient (Wildman–Crippen LogP) is 3.07. The molecule has 2 amide bonds. The number of carbonyl (C=O) groups is 2. The summed E-state index contributed by atoms with van der Waals surface area (Å²) in [5.74, 6) is -0.0201. The van der Waals surface area contributed by atoms with Crippen molar-refractivity contribution in [1.82, 2.24) is 14.8 Å². The van der Waals surface area contributed by atoms with Gasteiger partial charge in [0, 0.05) is 49.0 Å². The van der Waals surface area contributed by atoms with Crippen molar-refractivity contribution in [1.29, 1.82) is 0 Å². The molecule has 7 heteroatoms. The van der Waals surface area contributed by atoms with Crippen LogP contribution in [-0.2, 0) is 4.79 Å². The fourth-order valence-corrected chi connectivity index (χ4v) is 3.99. The Hall–Kier alpha value is -2.28. The molecule has 0 N–H and O–H groups in total. The van der Waals surface area contributed by atoms with E-state index in [4.69, 9.17) is 0 Å².